The number of benzene rings is 2. The van der Waals surface area contributed by atoms with Crippen LogP contribution in [0.1, 0.15) is 37.9 Å². The summed E-state index contributed by atoms with van der Waals surface area (Å²) in [7, 11) is 1.56. The summed E-state index contributed by atoms with van der Waals surface area (Å²) in [5.41, 5.74) is 2.68. The molecule has 34 heavy (non-hydrogen) atoms. The van der Waals surface area contributed by atoms with E-state index in [-0.39, 0.29) is 12.7 Å². The molecule has 1 N–H and O–H groups in total. The first-order chi connectivity index (χ1) is 16.3. The number of esters is 1. The van der Waals surface area contributed by atoms with Crippen LogP contribution < -0.4 is 14.8 Å². The second kappa shape index (κ2) is 10.1. The third-order valence-electron chi connectivity index (χ3n) is 5.25. The minimum absolute atomic E-state index is 0.263. The van der Waals surface area contributed by atoms with Crippen LogP contribution in [-0.2, 0) is 16.1 Å². The smallest absolute Gasteiger partial charge is 0.338 e. The number of nitrogens with zero attached hydrogens (tertiary/aromatic N) is 3. The molecule has 2 aromatic carbocycles. The predicted molar refractivity (Wildman–Crippen MR) is 132 cm³/mol. The van der Waals surface area contributed by atoms with E-state index >= 15 is 0 Å². The maximum Gasteiger partial charge on any atom is 0.338 e. The van der Waals surface area contributed by atoms with Gasteiger partial charge in [-0.1, -0.05) is 29.8 Å². The van der Waals surface area contributed by atoms with Gasteiger partial charge in [-0.3, -0.25) is 0 Å². The largest absolute Gasteiger partial charge is 0.493 e. The van der Waals surface area contributed by atoms with E-state index in [4.69, 9.17) is 25.8 Å². The molecular formula is C24H24BrClN4O4. The van der Waals surface area contributed by atoms with Gasteiger partial charge in [0, 0.05) is 16.3 Å². The average molecular weight is 548 g/mol. The first-order valence-corrected chi connectivity index (χ1v) is 11.8. The van der Waals surface area contributed by atoms with Crippen LogP contribution in [0.15, 0.2) is 58.5 Å². The highest BCUT2D eigenvalue weighted by Crippen LogP contribution is 2.43. The lowest BCUT2D eigenvalue weighted by Crippen LogP contribution is -2.30. The van der Waals surface area contributed by atoms with Gasteiger partial charge < -0.3 is 19.5 Å². The molecule has 0 radical (unpaired) electrons. The van der Waals surface area contributed by atoms with E-state index in [2.05, 4.69) is 31.3 Å². The second-order valence-electron chi connectivity index (χ2n) is 7.96. The van der Waals surface area contributed by atoms with Crippen LogP contribution in [0.2, 0.25) is 5.02 Å². The summed E-state index contributed by atoms with van der Waals surface area (Å²) in [5.74, 6) is 1.11. The zero-order valence-corrected chi connectivity index (χ0v) is 21.5. The van der Waals surface area contributed by atoms with Crippen LogP contribution in [-0.4, -0.2) is 33.9 Å². The molecule has 1 aliphatic heterocycles. The van der Waals surface area contributed by atoms with Gasteiger partial charge in [0.25, 0.3) is 0 Å². The van der Waals surface area contributed by atoms with Crippen LogP contribution >= 0.6 is 27.5 Å². The molecule has 0 amide bonds. The molecule has 1 atom stereocenters. The molecule has 0 saturated heterocycles. The van der Waals surface area contributed by atoms with Crippen molar-refractivity contribution in [3.05, 3.63) is 74.6 Å². The van der Waals surface area contributed by atoms with Gasteiger partial charge in [0.1, 0.15) is 19.0 Å². The topological polar surface area (TPSA) is 87.5 Å². The predicted octanol–water partition coefficient (Wildman–Crippen LogP) is 5.52. The number of rotatable bonds is 7. The third kappa shape index (κ3) is 4.76. The van der Waals surface area contributed by atoms with Crippen molar-refractivity contribution < 1.29 is 19.0 Å². The Bertz CT molecular complexity index is 1260. The van der Waals surface area contributed by atoms with Gasteiger partial charge in [0.15, 0.2) is 11.5 Å². The van der Waals surface area contributed by atoms with Crippen molar-refractivity contribution in [2.24, 2.45) is 0 Å². The zero-order valence-electron chi connectivity index (χ0n) is 19.1. The molecule has 0 saturated carbocycles. The fraction of sp³-hybridized carbons (Fsp3) is 0.292. The molecule has 0 fully saturated rings. The molecular weight excluding hydrogens is 524 g/mol. The Morgan fingerprint density at radius 3 is 2.76 bits per heavy atom. The standard InChI is InChI=1S/C24H24BrClN4O4/c1-13(2)34-23(31)20-14(3)29-24-27-12-28-30(24)21(20)16-9-17(25)22(19(10-16)32-4)33-11-15-7-5-6-8-18(15)26/h5-10,12-13,21H,11H2,1-4H3,(H,27,28,29)/t21-/m1/s1. The lowest BCUT2D eigenvalue weighted by atomic mass is 9.95. The summed E-state index contributed by atoms with van der Waals surface area (Å²) >= 11 is 9.88. The lowest BCUT2D eigenvalue weighted by Gasteiger charge is -2.29. The van der Waals surface area contributed by atoms with Gasteiger partial charge in [-0.25, -0.2) is 9.48 Å². The number of carbonyl (C=O) groups is 1. The van der Waals surface area contributed by atoms with E-state index in [9.17, 15) is 4.79 Å². The van der Waals surface area contributed by atoms with Crippen LogP contribution in [0.4, 0.5) is 5.95 Å². The molecule has 1 aliphatic rings. The summed E-state index contributed by atoms with van der Waals surface area (Å²) in [5, 5.41) is 8.11. The van der Waals surface area contributed by atoms with Crippen molar-refractivity contribution in [1.82, 2.24) is 14.8 Å². The van der Waals surface area contributed by atoms with Gasteiger partial charge in [0.05, 0.1) is 23.3 Å². The summed E-state index contributed by atoms with van der Waals surface area (Å²) in [6.07, 6.45) is 1.17. The first-order valence-electron chi connectivity index (χ1n) is 10.6. The van der Waals surface area contributed by atoms with E-state index in [0.717, 1.165) is 11.1 Å². The molecule has 4 rings (SSSR count). The number of anilines is 1. The van der Waals surface area contributed by atoms with Crippen LogP contribution in [0, 0.1) is 0 Å². The number of allylic oxidation sites excluding steroid dienone is 1. The Morgan fingerprint density at radius 2 is 2.06 bits per heavy atom. The molecule has 3 aromatic rings. The van der Waals surface area contributed by atoms with Crippen LogP contribution in [0.5, 0.6) is 11.5 Å². The third-order valence-corrected chi connectivity index (χ3v) is 6.21. The summed E-state index contributed by atoms with van der Waals surface area (Å²) in [4.78, 5) is 17.3. The fourth-order valence-corrected chi connectivity index (χ4v) is 4.51. The quantitative estimate of drug-likeness (QED) is 0.390. The Hall–Kier alpha value is -3.04. The van der Waals surface area contributed by atoms with E-state index < -0.39 is 12.0 Å². The van der Waals surface area contributed by atoms with E-state index in [1.165, 1.54) is 6.33 Å². The number of hydrogen-bond donors (Lipinski definition) is 1. The van der Waals surface area contributed by atoms with Crippen molar-refractivity contribution >= 4 is 39.4 Å². The van der Waals surface area contributed by atoms with Gasteiger partial charge >= 0.3 is 5.97 Å². The van der Waals surface area contributed by atoms with E-state index in [1.807, 2.05) is 57.2 Å². The molecule has 10 heteroatoms. The average Bonchev–Trinajstić information content (AvgIpc) is 3.25. The minimum Gasteiger partial charge on any atom is -0.493 e. The molecule has 1 aromatic heterocycles. The Morgan fingerprint density at radius 1 is 1.29 bits per heavy atom. The summed E-state index contributed by atoms with van der Waals surface area (Å²) in [6.45, 7) is 5.70. The Balaban J connectivity index is 1.74. The lowest BCUT2D eigenvalue weighted by molar-refractivity contribution is -0.143. The maximum absolute atomic E-state index is 13.1. The maximum atomic E-state index is 13.1. The van der Waals surface area contributed by atoms with E-state index in [1.54, 1.807) is 11.8 Å². The number of ether oxygens (including phenoxy) is 3. The van der Waals surface area contributed by atoms with Crippen molar-refractivity contribution in [2.75, 3.05) is 12.4 Å². The summed E-state index contributed by atoms with van der Waals surface area (Å²) < 4.78 is 19.6. The van der Waals surface area contributed by atoms with Crippen molar-refractivity contribution in [2.45, 2.75) is 39.5 Å². The molecule has 178 valence electrons. The van der Waals surface area contributed by atoms with Crippen molar-refractivity contribution in [3.63, 3.8) is 0 Å². The molecule has 0 unspecified atom stereocenters. The number of methoxy groups -OCH3 is 1. The monoisotopic (exact) mass is 546 g/mol. The van der Waals surface area contributed by atoms with Crippen LogP contribution in [0.3, 0.4) is 0 Å². The highest BCUT2D eigenvalue weighted by atomic mass is 79.9. The molecule has 0 spiro atoms. The minimum atomic E-state index is -0.576. The molecule has 0 bridgehead atoms. The number of aromatic nitrogens is 3. The van der Waals surface area contributed by atoms with E-state index in [0.29, 0.717) is 38.2 Å². The summed E-state index contributed by atoms with van der Waals surface area (Å²) in [6, 6.07) is 10.6. The molecule has 2 heterocycles. The zero-order chi connectivity index (χ0) is 24.4. The number of halogens is 2. The number of hydrogen-bond acceptors (Lipinski definition) is 7. The van der Waals surface area contributed by atoms with Crippen molar-refractivity contribution in [1.29, 1.82) is 0 Å². The van der Waals surface area contributed by atoms with Gasteiger partial charge in [-0.2, -0.15) is 10.1 Å². The van der Waals surface area contributed by atoms with Crippen LogP contribution in [0.25, 0.3) is 0 Å². The Kier molecular flexibility index (Phi) is 7.13. The highest BCUT2D eigenvalue weighted by molar-refractivity contribution is 9.10. The number of carbonyl (C=O) groups excluding carboxylic acids is 1. The first kappa shape index (κ1) is 24.1. The number of nitrogens with one attached hydrogen (secondary N) is 1. The van der Waals surface area contributed by atoms with Gasteiger partial charge in [0.2, 0.25) is 5.95 Å². The second-order valence-corrected chi connectivity index (χ2v) is 9.22. The normalized spacial score (nSPS) is 15.1. The molecule has 0 aliphatic carbocycles. The van der Waals surface area contributed by atoms with Gasteiger partial charge in [-0.15, -0.1) is 0 Å². The number of fused-ring (bicyclic) bond motifs is 1. The fourth-order valence-electron chi connectivity index (χ4n) is 3.74. The Labute approximate surface area is 211 Å². The SMILES string of the molecule is COc1cc([C@@H]2C(C(=O)OC(C)C)=C(C)Nc3ncnn32)cc(Br)c1OCc1ccccc1Cl. The highest BCUT2D eigenvalue weighted by Gasteiger charge is 2.35. The molecule has 8 nitrogen and oxygen atoms in total. The van der Waals surface area contributed by atoms with Gasteiger partial charge in [-0.05, 0) is 60.5 Å². The van der Waals surface area contributed by atoms with Crippen molar-refractivity contribution in [3.8, 4) is 11.5 Å².